The number of phenolic OH excluding ortho intramolecular Hbond substituents is 1. The van der Waals surface area contributed by atoms with Gasteiger partial charge in [-0.05, 0) is 17.7 Å². The highest BCUT2D eigenvalue weighted by Gasteiger charge is 2.08. The van der Waals surface area contributed by atoms with Crippen molar-refractivity contribution >= 4 is 5.97 Å². The monoisotopic (exact) mass is 195 g/mol. The molecule has 0 aliphatic carbocycles. The molecule has 0 aliphatic heterocycles. The lowest BCUT2D eigenvalue weighted by atomic mass is 10.1. The van der Waals surface area contributed by atoms with Gasteiger partial charge in [-0.2, -0.15) is 0 Å². The molecule has 0 radical (unpaired) electrons. The van der Waals surface area contributed by atoms with E-state index in [-0.39, 0.29) is 12.2 Å². The molecule has 14 heavy (non-hydrogen) atoms. The number of aliphatic carboxylic acids is 1. The van der Waals surface area contributed by atoms with Gasteiger partial charge in [0.15, 0.2) is 0 Å². The Kier molecular flexibility index (Phi) is 3.48. The highest BCUT2D eigenvalue weighted by Crippen LogP contribution is 2.11. The number of methoxy groups -OCH3 is 1. The fourth-order valence-corrected chi connectivity index (χ4v) is 1.11. The number of hydrogen-bond donors (Lipinski definition) is 1. The number of carbonyl (C=O) groups excluding carboxylic acids is 1. The van der Waals surface area contributed by atoms with Crippen LogP contribution in [-0.2, 0) is 16.0 Å². The zero-order valence-electron chi connectivity index (χ0n) is 7.77. The predicted molar refractivity (Wildman–Crippen MR) is 47.6 cm³/mol. The maximum Gasteiger partial charge on any atom is 0.115 e. The highest BCUT2D eigenvalue weighted by atomic mass is 16.5. The van der Waals surface area contributed by atoms with Crippen LogP contribution in [0.5, 0.6) is 5.75 Å². The number of hydrogen-bond acceptors (Lipinski definition) is 4. The molecule has 0 heterocycles. The number of carboxylic acid groups (broad SMARTS) is 1. The first kappa shape index (κ1) is 10.5. The minimum Gasteiger partial charge on any atom is -0.547 e. The predicted octanol–water partition coefficient (Wildman–Crippen LogP) is -0.300. The summed E-state index contributed by atoms with van der Waals surface area (Å²) in [5, 5.41) is 19.5. The van der Waals surface area contributed by atoms with E-state index in [4.69, 9.17) is 9.84 Å². The number of phenols is 1. The molecule has 0 aliphatic rings. The average Bonchev–Trinajstić information content (AvgIpc) is 2.16. The summed E-state index contributed by atoms with van der Waals surface area (Å²) in [7, 11) is 1.32. The third-order valence-electron chi connectivity index (χ3n) is 1.90. The van der Waals surface area contributed by atoms with Gasteiger partial charge in [-0.15, -0.1) is 0 Å². The first-order valence-electron chi connectivity index (χ1n) is 4.15. The van der Waals surface area contributed by atoms with E-state index >= 15 is 0 Å². The summed E-state index contributed by atoms with van der Waals surface area (Å²) >= 11 is 0. The van der Waals surface area contributed by atoms with Crippen molar-refractivity contribution in [1.82, 2.24) is 0 Å². The Bertz CT molecular complexity index is 304. The first-order valence-corrected chi connectivity index (χ1v) is 4.15. The second-order valence-electron chi connectivity index (χ2n) is 2.91. The Morgan fingerprint density at radius 2 is 2.07 bits per heavy atom. The lowest BCUT2D eigenvalue weighted by molar-refractivity contribution is -0.315. The number of carbonyl (C=O) groups is 1. The molecule has 1 aromatic rings. The van der Waals surface area contributed by atoms with Gasteiger partial charge in [-0.25, -0.2) is 0 Å². The van der Waals surface area contributed by atoms with Gasteiger partial charge in [0.1, 0.15) is 11.9 Å². The summed E-state index contributed by atoms with van der Waals surface area (Å²) in [6, 6.07) is 6.28. The molecular formula is C10H11O4-. The lowest BCUT2D eigenvalue weighted by Crippen LogP contribution is -2.38. The van der Waals surface area contributed by atoms with Crippen molar-refractivity contribution in [2.75, 3.05) is 7.11 Å². The van der Waals surface area contributed by atoms with E-state index in [1.54, 1.807) is 12.1 Å². The van der Waals surface area contributed by atoms with Gasteiger partial charge in [-0.3, -0.25) is 0 Å². The summed E-state index contributed by atoms with van der Waals surface area (Å²) in [4.78, 5) is 10.5. The number of carboxylic acids is 1. The summed E-state index contributed by atoms with van der Waals surface area (Å²) in [6.07, 6.45) is -0.710. The van der Waals surface area contributed by atoms with Crippen molar-refractivity contribution in [1.29, 1.82) is 0 Å². The Labute approximate surface area is 81.8 Å². The molecule has 0 fully saturated rings. The van der Waals surface area contributed by atoms with Crippen LogP contribution in [0.4, 0.5) is 0 Å². The molecule has 0 unspecified atom stereocenters. The van der Waals surface area contributed by atoms with E-state index in [1.165, 1.54) is 19.2 Å². The van der Waals surface area contributed by atoms with Crippen molar-refractivity contribution in [3.05, 3.63) is 29.8 Å². The fourth-order valence-electron chi connectivity index (χ4n) is 1.11. The van der Waals surface area contributed by atoms with Gasteiger partial charge in [0, 0.05) is 13.5 Å². The second kappa shape index (κ2) is 4.62. The zero-order valence-corrected chi connectivity index (χ0v) is 7.77. The molecule has 0 aromatic heterocycles. The molecule has 1 atom stereocenters. The van der Waals surface area contributed by atoms with Gasteiger partial charge in [-0.1, -0.05) is 12.1 Å². The Balaban J connectivity index is 2.67. The standard InChI is InChI=1S/C10H12O4/c1-14-9(10(12)13)6-7-2-4-8(11)5-3-7/h2-5,9,11H,6H2,1H3,(H,12,13)/p-1/t9-/m1/s1. The molecule has 4 heteroatoms. The smallest absolute Gasteiger partial charge is 0.115 e. The Hall–Kier alpha value is -1.55. The van der Waals surface area contributed by atoms with Crippen LogP contribution in [0.1, 0.15) is 5.56 Å². The minimum atomic E-state index is -1.24. The molecule has 0 saturated heterocycles. The van der Waals surface area contributed by atoms with Gasteiger partial charge >= 0.3 is 0 Å². The van der Waals surface area contributed by atoms with Gasteiger partial charge in [0.05, 0.1) is 5.97 Å². The number of aromatic hydroxyl groups is 1. The topological polar surface area (TPSA) is 69.6 Å². The van der Waals surface area contributed by atoms with Crippen molar-refractivity contribution in [3.8, 4) is 5.75 Å². The molecule has 0 saturated carbocycles. The van der Waals surface area contributed by atoms with E-state index in [9.17, 15) is 9.90 Å². The second-order valence-corrected chi connectivity index (χ2v) is 2.91. The quantitative estimate of drug-likeness (QED) is 0.716. The average molecular weight is 195 g/mol. The van der Waals surface area contributed by atoms with Crippen LogP contribution in [0, 0.1) is 0 Å². The summed E-state index contributed by atoms with van der Waals surface area (Å²) in [5.41, 5.74) is 0.777. The summed E-state index contributed by atoms with van der Waals surface area (Å²) in [5.74, 6) is -1.09. The molecule has 1 aromatic carbocycles. The van der Waals surface area contributed by atoms with Crippen LogP contribution in [0.25, 0.3) is 0 Å². The maximum atomic E-state index is 10.5. The van der Waals surface area contributed by atoms with E-state index in [1.807, 2.05) is 0 Å². The van der Waals surface area contributed by atoms with Crippen molar-refractivity contribution in [3.63, 3.8) is 0 Å². The molecule has 0 bridgehead atoms. The normalized spacial score (nSPS) is 12.4. The maximum absolute atomic E-state index is 10.5. The van der Waals surface area contributed by atoms with Crippen molar-refractivity contribution in [2.24, 2.45) is 0 Å². The molecule has 76 valence electrons. The number of benzene rings is 1. The van der Waals surface area contributed by atoms with E-state index in [0.29, 0.717) is 0 Å². The molecule has 1 N–H and O–H groups in total. The lowest BCUT2D eigenvalue weighted by Gasteiger charge is -2.15. The van der Waals surface area contributed by atoms with Crippen molar-refractivity contribution in [2.45, 2.75) is 12.5 Å². The molecule has 0 amide bonds. The third kappa shape index (κ3) is 2.74. The molecular weight excluding hydrogens is 184 g/mol. The first-order chi connectivity index (χ1) is 6.63. The highest BCUT2D eigenvalue weighted by molar-refractivity contribution is 5.70. The third-order valence-corrected chi connectivity index (χ3v) is 1.90. The number of ether oxygens (including phenoxy) is 1. The largest absolute Gasteiger partial charge is 0.547 e. The fraction of sp³-hybridized carbons (Fsp3) is 0.300. The minimum absolute atomic E-state index is 0.149. The van der Waals surface area contributed by atoms with Crippen LogP contribution < -0.4 is 5.11 Å². The van der Waals surface area contributed by atoms with Crippen LogP contribution in [0.2, 0.25) is 0 Å². The summed E-state index contributed by atoms with van der Waals surface area (Å²) < 4.78 is 4.72. The van der Waals surface area contributed by atoms with E-state index < -0.39 is 12.1 Å². The molecule has 4 nitrogen and oxygen atoms in total. The number of rotatable bonds is 4. The van der Waals surface area contributed by atoms with E-state index in [2.05, 4.69) is 0 Å². The van der Waals surface area contributed by atoms with Crippen LogP contribution in [-0.4, -0.2) is 24.3 Å². The Morgan fingerprint density at radius 1 is 1.50 bits per heavy atom. The SMILES string of the molecule is CO[C@H](Cc1ccc(O)cc1)C(=O)[O-]. The zero-order chi connectivity index (χ0) is 10.6. The van der Waals surface area contributed by atoms with Gasteiger partial charge in [0.2, 0.25) is 0 Å². The summed E-state index contributed by atoms with van der Waals surface area (Å²) in [6.45, 7) is 0. The molecule has 1 rings (SSSR count). The Morgan fingerprint density at radius 3 is 2.50 bits per heavy atom. The van der Waals surface area contributed by atoms with Crippen LogP contribution in [0.15, 0.2) is 24.3 Å². The van der Waals surface area contributed by atoms with Gasteiger partial charge < -0.3 is 19.7 Å². The van der Waals surface area contributed by atoms with Crippen molar-refractivity contribution < 1.29 is 19.7 Å². The van der Waals surface area contributed by atoms with Gasteiger partial charge in [0.25, 0.3) is 0 Å². The molecule has 0 spiro atoms. The van der Waals surface area contributed by atoms with Crippen LogP contribution >= 0.6 is 0 Å². The van der Waals surface area contributed by atoms with Crippen LogP contribution in [0.3, 0.4) is 0 Å². The van der Waals surface area contributed by atoms with E-state index in [0.717, 1.165) is 5.56 Å².